The van der Waals surface area contributed by atoms with Gasteiger partial charge in [-0.25, -0.2) is 4.98 Å². The van der Waals surface area contributed by atoms with E-state index in [0.29, 0.717) is 8.88 Å². The summed E-state index contributed by atoms with van der Waals surface area (Å²) in [6.45, 7) is 1.42. The van der Waals surface area contributed by atoms with Crippen LogP contribution in [0.5, 0.6) is 0 Å². The number of hydrogen-bond donors (Lipinski definition) is 0. The zero-order chi connectivity index (χ0) is 11.2. The van der Waals surface area contributed by atoms with Crippen molar-refractivity contribution in [3.05, 3.63) is 30.1 Å². The van der Waals surface area contributed by atoms with E-state index in [1.165, 1.54) is 6.92 Å². The van der Waals surface area contributed by atoms with Crippen LogP contribution < -0.4 is 5.56 Å². The average molecular weight is 291 g/mol. The first-order valence-corrected chi connectivity index (χ1v) is 5.32. The van der Waals surface area contributed by atoms with Crippen molar-refractivity contribution < 1.29 is 4.92 Å². The van der Waals surface area contributed by atoms with Crippen molar-refractivity contribution in [2.24, 2.45) is 0 Å². The van der Waals surface area contributed by atoms with Gasteiger partial charge in [-0.3, -0.25) is 14.9 Å². The maximum Gasteiger partial charge on any atom is 0.357 e. The third-order valence-electron chi connectivity index (χ3n) is 1.72. The number of nitro groups is 1. The van der Waals surface area contributed by atoms with E-state index in [2.05, 4.69) is 26.0 Å². The molecule has 2 heterocycles. The second-order valence-electron chi connectivity index (χ2n) is 2.66. The lowest BCUT2D eigenvalue weighted by Gasteiger charge is -1.94. The van der Waals surface area contributed by atoms with Gasteiger partial charge in [0.25, 0.3) is 0 Å². The third-order valence-corrected chi connectivity index (χ3v) is 3.06. The fraction of sp³-hybridized carbons (Fsp3) is 0.167. The van der Waals surface area contributed by atoms with E-state index in [-0.39, 0.29) is 5.69 Å². The molecule has 0 aromatic carbocycles. The molecule has 2 rings (SSSR count). The quantitative estimate of drug-likeness (QED) is 0.580. The van der Waals surface area contributed by atoms with Crippen LogP contribution >= 0.6 is 27.3 Å². The maximum absolute atomic E-state index is 11.6. The number of hydrogen-bond acceptors (Lipinski definition) is 6. The summed E-state index contributed by atoms with van der Waals surface area (Å²) in [5.74, 6) is 0. The lowest BCUT2D eigenvalue weighted by molar-refractivity contribution is -0.387. The van der Waals surface area contributed by atoms with Gasteiger partial charge in [-0.05, 0) is 22.9 Å². The smallest absolute Gasteiger partial charge is 0.259 e. The van der Waals surface area contributed by atoms with E-state index in [1.807, 2.05) is 0 Å². The minimum atomic E-state index is -0.760. The van der Waals surface area contributed by atoms with Gasteiger partial charge in [-0.1, -0.05) is 11.3 Å². The summed E-state index contributed by atoms with van der Waals surface area (Å²) in [4.78, 5) is 25.7. The Hall–Kier alpha value is -1.35. The van der Waals surface area contributed by atoms with Crippen molar-refractivity contribution in [1.82, 2.24) is 14.6 Å². The van der Waals surface area contributed by atoms with Gasteiger partial charge in [-0.2, -0.15) is 4.52 Å². The Labute approximate surface area is 94.7 Å². The van der Waals surface area contributed by atoms with Crippen LogP contribution in [0.15, 0.2) is 8.71 Å². The molecule has 2 aromatic heterocycles. The Morgan fingerprint density at radius 2 is 2.27 bits per heavy atom. The molecule has 78 valence electrons. The van der Waals surface area contributed by atoms with Crippen molar-refractivity contribution in [3.63, 3.8) is 0 Å². The molecule has 0 aliphatic rings. The van der Waals surface area contributed by atoms with Gasteiger partial charge < -0.3 is 0 Å². The Balaban J connectivity index is 2.96. The van der Waals surface area contributed by atoms with Gasteiger partial charge in [0.05, 0.1) is 4.92 Å². The van der Waals surface area contributed by atoms with Crippen molar-refractivity contribution in [2.45, 2.75) is 6.92 Å². The molecule has 0 aliphatic carbocycles. The van der Waals surface area contributed by atoms with E-state index in [9.17, 15) is 14.9 Å². The van der Waals surface area contributed by atoms with Crippen molar-refractivity contribution in [2.75, 3.05) is 0 Å². The zero-order valence-electron chi connectivity index (χ0n) is 7.30. The third kappa shape index (κ3) is 1.53. The highest BCUT2D eigenvalue weighted by Crippen LogP contribution is 2.19. The van der Waals surface area contributed by atoms with Crippen molar-refractivity contribution >= 4 is 37.9 Å². The maximum atomic E-state index is 11.6. The number of fused-ring (bicyclic) bond motifs is 1. The summed E-state index contributed by atoms with van der Waals surface area (Å²) in [5.41, 5.74) is -1.20. The number of aryl methyl sites for hydroxylation is 1. The van der Waals surface area contributed by atoms with E-state index in [0.717, 1.165) is 15.9 Å². The summed E-state index contributed by atoms with van der Waals surface area (Å²) >= 11 is 4.22. The second-order valence-corrected chi connectivity index (χ2v) is 4.89. The Kier molecular flexibility index (Phi) is 2.27. The summed E-state index contributed by atoms with van der Waals surface area (Å²) < 4.78 is 1.37. The molecule has 0 aliphatic heterocycles. The molecule has 0 saturated carbocycles. The highest BCUT2D eigenvalue weighted by Gasteiger charge is 2.22. The van der Waals surface area contributed by atoms with Gasteiger partial charge >= 0.3 is 11.2 Å². The molecule has 0 spiro atoms. The van der Waals surface area contributed by atoms with Gasteiger partial charge in [0.2, 0.25) is 4.96 Å². The molecule has 0 radical (unpaired) electrons. The molecule has 0 N–H and O–H groups in total. The highest BCUT2D eigenvalue weighted by molar-refractivity contribution is 9.11. The molecular formula is C6H3BrN4O3S. The number of nitrogens with zero attached hydrogens (tertiary/aromatic N) is 4. The molecule has 2 aromatic rings. The summed E-state index contributed by atoms with van der Waals surface area (Å²) in [7, 11) is 0. The van der Waals surface area contributed by atoms with Crippen LogP contribution in [0.3, 0.4) is 0 Å². The predicted molar refractivity (Wildman–Crippen MR) is 56.2 cm³/mol. The average Bonchev–Trinajstić information content (AvgIpc) is 2.45. The number of halogens is 1. The summed E-state index contributed by atoms with van der Waals surface area (Å²) in [6, 6.07) is 0. The molecule has 0 bridgehead atoms. The van der Waals surface area contributed by atoms with Gasteiger partial charge in [0.15, 0.2) is 3.92 Å². The SMILES string of the molecule is Cc1nc2sc(Br)nn2c(=O)c1[N+](=O)[O-]. The Bertz CT molecular complexity index is 619. The molecule has 15 heavy (non-hydrogen) atoms. The van der Waals surface area contributed by atoms with Gasteiger partial charge in [-0.15, -0.1) is 5.10 Å². The first kappa shape index (κ1) is 10.2. The van der Waals surface area contributed by atoms with E-state index < -0.39 is 16.2 Å². The second kappa shape index (κ2) is 3.35. The van der Waals surface area contributed by atoms with Crippen LogP contribution in [-0.2, 0) is 0 Å². The summed E-state index contributed by atoms with van der Waals surface area (Å²) in [6.07, 6.45) is 0. The van der Waals surface area contributed by atoms with Crippen molar-refractivity contribution in [1.29, 1.82) is 0 Å². The van der Waals surface area contributed by atoms with Crippen LogP contribution in [0.4, 0.5) is 5.69 Å². The molecular weight excluding hydrogens is 288 g/mol. The van der Waals surface area contributed by atoms with Crippen LogP contribution in [0, 0.1) is 17.0 Å². The number of aromatic nitrogens is 3. The Morgan fingerprint density at radius 1 is 1.60 bits per heavy atom. The minimum absolute atomic E-state index is 0.0983. The lowest BCUT2D eigenvalue weighted by Crippen LogP contribution is -2.20. The molecule has 0 amide bonds. The topological polar surface area (TPSA) is 90.4 Å². The molecule has 0 saturated heterocycles. The molecule has 9 heteroatoms. The zero-order valence-corrected chi connectivity index (χ0v) is 9.70. The minimum Gasteiger partial charge on any atom is -0.259 e. The van der Waals surface area contributed by atoms with Gasteiger partial charge in [0, 0.05) is 0 Å². The first-order valence-electron chi connectivity index (χ1n) is 3.71. The van der Waals surface area contributed by atoms with Crippen LogP contribution in [0.1, 0.15) is 5.69 Å². The monoisotopic (exact) mass is 290 g/mol. The fourth-order valence-corrected chi connectivity index (χ4v) is 2.38. The highest BCUT2D eigenvalue weighted by atomic mass is 79.9. The largest absolute Gasteiger partial charge is 0.357 e. The normalized spacial score (nSPS) is 10.8. The van der Waals surface area contributed by atoms with Crippen LogP contribution in [-0.4, -0.2) is 19.5 Å². The molecule has 0 unspecified atom stereocenters. The van der Waals surface area contributed by atoms with Crippen LogP contribution in [0.2, 0.25) is 0 Å². The molecule has 0 fully saturated rings. The first-order chi connectivity index (χ1) is 7.00. The standard InChI is InChI=1S/C6H3BrN4O3S/c1-2-3(11(13)14)4(12)10-6(8-2)15-5(7)9-10/h1H3. The molecule has 7 nitrogen and oxygen atoms in total. The fourth-order valence-electron chi connectivity index (χ4n) is 1.12. The van der Waals surface area contributed by atoms with Crippen molar-refractivity contribution in [3.8, 4) is 0 Å². The lowest BCUT2D eigenvalue weighted by atomic mass is 10.4. The van der Waals surface area contributed by atoms with E-state index >= 15 is 0 Å². The summed E-state index contributed by atoms with van der Waals surface area (Å²) in [5, 5.41) is 14.4. The van der Waals surface area contributed by atoms with Gasteiger partial charge in [0.1, 0.15) is 5.69 Å². The van der Waals surface area contributed by atoms with Crippen LogP contribution in [0.25, 0.3) is 4.96 Å². The van der Waals surface area contributed by atoms with E-state index in [1.54, 1.807) is 0 Å². The Morgan fingerprint density at radius 3 is 2.87 bits per heavy atom. The number of rotatable bonds is 1. The molecule has 0 atom stereocenters. The van der Waals surface area contributed by atoms with E-state index in [4.69, 9.17) is 0 Å². The predicted octanol–water partition coefficient (Wildman–Crippen LogP) is 1.13.